The van der Waals surface area contributed by atoms with Crippen LogP contribution in [0.5, 0.6) is 5.75 Å². The van der Waals surface area contributed by atoms with Gasteiger partial charge in [-0.05, 0) is 84.4 Å². The van der Waals surface area contributed by atoms with Crippen LogP contribution < -0.4 is 4.74 Å². The summed E-state index contributed by atoms with van der Waals surface area (Å²) in [6.45, 7) is 9.66. The molecule has 1 heterocycles. The van der Waals surface area contributed by atoms with Gasteiger partial charge in [-0.25, -0.2) is 4.79 Å². The van der Waals surface area contributed by atoms with Gasteiger partial charge in [0, 0.05) is 19.6 Å². The Labute approximate surface area is 191 Å². The number of rotatable bonds is 5. The van der Waals surface area contributed by atoms with E-state index in [2.05, 4.69) is 62.1 Å². The van der Waals surface area contributed by atoms with Crippen molar-refractivity contribution in [2.75, 3.05) is 13.1 Å². The molecule has 2 aromatic rings. The first-order valence-corrected chi connectivity index (χ1v) is 12.1. The lowest BCUT2D eigenvalue weighted by atomic mass is 9.72. The quantitative estimate of drug-likeness (QED) is 0.540. The van der Waals surface area contributed by atoms with Crippen LogP contribution in [0.1, 0.15) is 64.9 Å². The second-order valence-corrected chi connectivity index (χ2v) is 10.7. The lowest BCUT2D eigenvalue weighted by molar-refractivity contribution is 0.0185. The Kier molecular flexibility index (Phi) is 6.94. The molecule has 0 unspecified atom stereocenters. The largest absolute Gasteiger partial charge is 0.506 e. The molecular formula is C27H37NO4. The number of benzene rings is 2. The number of likely N-dealkylation sites (tertiary alicyclic amines) is 1. The van der Waals surface area contributed by atoms with Crippen molar-refractivity contribution in [3.8, 4) is 5.75 Å². The molecule has 0 atom stereocenters. The molecule has 2 fully saturated rings. The fourth-order valence-electron chi connectivity index (χ4n) is 5.27. The number of nitrogens with zero attached hydrogens (tertiary/aromatic N) is 1. The van der Waals surface area contributed by atoms with Gasteiger partial charge in [-0.1, -0.05) is 39.0 Å². The molecule has 0 spiro atoms. The minimum absolute atomic E-state index is 0.165. The number of ether oxygens (including phenoxy) is 2. The first-order valence-electron chi connectivity index (χ1n) is 12.1. The molecule has 5 nitrogen and oxygen atoms in total. The van der Waals surface area contributed by atoms with Gasteiger partial charge in [-0.15, -0.1) is 0 Å². The SMILES string of the molecule is CC(C)(C)[C@H]1CC[C@@H](Oc2ccc3cc(CN4CCC(OC(=O)O)CC4)ccc3c2)CC1. The first kappa shape index (κ1) is 22.9. The first-order chi connectivity index (χ1) is 15.3. The van der Waals surface area contributed by atoms with Crippen LogP contribution in [0.4, 0.5) is 4.79 Å². The van der Waals surface area contributed by atoms with Gasteiger partial charge in [0.2, 0.25) is 0 Å². The molecule has 4 rings (SSSR count). The predicted octanol–water partition coefficient (Wildman–Crippen LogP) is 6.48. The van der Waals surface area contributed by atoms with E-state index < -0.39 is 6.16 Å². The Morgan fingerprint density at radius 1 is 0.938 bits per heavy atom. The van der Waals surface area contributed by atoms with Gasteiger partial charge >= 0.3 is 6.16 Å². The molecule has 1 N–H and O–H groups in total. The second kappa shape index (κ2) is 9.70. The summed E-state index contributed by atoms with van der Waals surface area (Å²) in [5, 5.41) is 11.2. The molecule has 1 saturated heterocycles. The van der Waals surface area contributed by atoms with Crippen LogP contribution in [-0.4, -0.2) is 41.5 Å². The third kappa shape index (κ3) is 5.94. The Morgan fingerprint density at radius 3 is 2.25 bits per heavy atom. The normalized spacial score (nSPS) is 23.2. The highest BCUT2D eigenvalue weighted by Gasteiger charge is 2.30. The van der Waals surface area contributed by atoms with E-state index in [1.807, 2.05) is 0 Å². The molecule has 0 amide bonds. The van der Waals surface area contributed by atoms with E-state index in [0.717, 1.165) is 57.0 Å². The van der Waals surface area contributed by atoms with E-state index in [0.29, 0.717) is 11.5 Å². The number of fused-ring (bicyclic) bond motifs is 1. The third-order valence-corrected chi connectivity index (χ3v) is 7.29. The molecule has 1 aliphatic carbocycles. The maximum absolute atomic E-state index is 10.7. The molecule has 2 aliphatic rings. The highest BCUT2D eigenvalue weighted by Crippen LogP contribution is 2.39. The number of hydrogen-bond donors (Lipinski definition) is 1. The molecule has 1 aliphatic heterocycles. The zero-order valence-corrected chi connectivity index (χ0v) is 19.7. The van der Waals surface area contributed by atoms with Crippen LogP contribution in [0.2, 0.25) is 0 Å². The Morgan fingerprint density at radius 2 is 1.59 bits per heavy atom. The maximum Gasteiger partial charge on any atom is 0.506 e. The van der Waals surface area contributed by atoms with Crippen molar-refractivity contribution in [2.45, 2.75) is 78.0 Å². The van der Waals surface area contributed by atoms with Crippen LogP contribution in [0.25, 0.3) is 10.8 Å². The summed E-state index contributed by atoms with van der Waals surface area (Å²) < 4.78 is 11.3. The van der Waals surface area contributed by atoms with Gasteiger partial charge in [0.1, 0.15) is 11.9 Å². The molecule has 0 bridgehead atoms. The van der Waals surface area contributed by atoms with Crippen LogP contribution in [-0.2, 0) is 11.3 Å². The maximum atomic E-state index is 10.7. The summed E-state index contributed by atoms with van der Waals surface area (Å²) in [6.07, 6.45) is 5.33. The molecule has 0 radical (unpaired) electrons. The van der Waals surface area contributed by atoms with Crippen molar-refractivity contribution in [2.24, 2.45) is 11.3 Å². The Bertz CT molecular complexity index is 919. The predicted molar refractivity (Wildman–Crippen MR) is 127 cm³/mol. The minimum Gasteiger partial charge on any atom is -0.490 e. The van der Waals surface area contributed by atoms with Crippen molar-refractivity contribution in [1.29, 1.82) is 0 Å². The summed E-state index contributed by atoms with van der Waals surface area (Å²) >= 11 is 0. The van der Waals surface area contributed by atoms with E-state index in [1.54, 1.807) is 0 Å². The van der Waals surface area contributed by atoms with Crippen LogP contribution in [0.3, 0.4) is 0 Å². The van der Waals surface area contributed by atoms with E-state index >= 15 is 0 Å². The standard InChI is InChI=1S/C27H37NO4/c1-27(2,3)22-7-10-23(11-8-22)31-25-9-6-20-16-19(4-5-21(20)17-25)18-28-14-12-24(13-15-28)32-26(29)30/h4-6,9,16-17,22-24H,7-8,10-15,18H2,1-3H3,(H,29,30)/t22-,23+. The number of carbonyl (C=O) groups is 1. The average Bonchev–Trinajstić information content (AvgIpc) is 2.75. The van der Waals surface area contributed by atoms with Crippen LogP contribution in [0.15, 0.2) is 36.4 Å². The second-order valence-electron chi connectivity index (χ2n) is 10.7. The van der Waals surface area contributed by atoms with Gasteiger partial charge in [0.15, 0.2) is 0 Å². The van der Waals surface area contributed by atoms with Crippen LogP contribution in [0, 0.1) is 11.3 Å². The summed E-state index contributed by atoms with van der Waals surface area (Å²) in [6, 6.07) is 13.1. The zero-order chi connectivity index (χ0) is 22.7. The van der Waals surface area contributed by atoms with Gasteiger partial charge < -0.3 is 14.6 Å². The molecule has 0 aromatic heterocycles. The van der Waals surface area contributed by atoms with E-state index in [9.17, 15) is 4.79 Å². The summed E-state index contributed by atoms with van der Waals surface area (Å²) in [7, 11) is 0. The number of carboxylic acid groups (broad SMARTS) is 1. The highest BCUT2D eigenvalue weighted by atomic mass is 16.7. The Balaban J connectivity index is 1.31. The van der Waals surface area contributed by atoms with Crippen molar-refractivity contribution >= 4 is 16.9 Å². The summed E-state index contributed by atoms with van der Waals surface area (Å²) in [5.74, 6) is 1.78. The summed E-state index contributed by atoms with van der Waals surface area (Å²) in [5.41, 5.74) is 1.68. The third-order valence-electron chi connectivity index (χ3n) is 7.29. The van der Waals surface area contributed by atoms with E-state index in [-0.39, 0.29) is 6.10 Å². The molecule has 174 valence electrons. The van der Waals surface area contributed by atoms with Gasteiger partial charge in [0.25, 0.3) is 0 Å². The Hall–Kier alpha value is -2.27. The minimum atomic E-state index is -1.17. The molecule has 5 heteroatoms. The van der Waals surface area contributed by atoms with E-state index in [1.165, 1.54) is 29.2 Å². The number of piperidine rings is 1. The smallest absolute Gasteiger partial charge is 0.490 e. The van der Waals surface area contributed by atoms with Crippen molar-refractivity contribution in [3.05, 3.63) is 42.0 Å². The summed E-state index contributed by atoms with van der Waals surface area (Å²) in [4.78, 5) is 13.1. The molecule has 1 saturated carbocycles. The molecular weight excluding hydrogens is 402 g/mol. The lowest BCUT2D eigenvalue weighted by Crippen LogP contribution is -2.37. The van der Waals surface area contributed by atoms with Gasteiger partial charge in [-0.3, -0.25) is 4.90 Å². The fraction of sp³-hybridized carbons (Fsp3) is 0.593. The number of hydrogen-bond acceptors (Lipinski definition) is 4. The lowest BCUT2D eigenvalue weighted by Gasteiger charge is -2.37. The molecule has 32 heavy (non-hydrogen) atoms. The highest BCUT2D eigenvalue weighted by molar-refractivity contribution is 5.84. The van der Waals surface area contributed by atoms with E-state index in [4.69, 9.17) is 14.6 Å². The van der Waals surface area contributed by atoms with Crippen molar-refractivity contribution < 1.29 is 19.4 Å². The topological polar surface area (TPSA) is 59.0 Å². The van der Waals surface area contributed by atoms with Crippen LogP contribution >= 0.6 is 0 Å². The zero-order valence-electron chi connectivity index (χ0n) is 19.7. The molecule has 2 aromatic carbocycles. The van der Waals surface area contributed by atoms with Crippen molar-refractivity contribution in [3.63, 3.8) is 0 Å². The van der Waals surface area contributed by atoms with Gasteiger partial charge in [-0.2, -0.15) is 0 Å². The fourth-order valence-corrected chi connectivity index (χ4v) is 5.27. The van der Waals surface area contributed by atoms with Gasteiger partial charge in [0.05, 0.1) is 6.10 Å². The average molecular weight is 440 g/mol. The van der Waals surface area contributed by atoms with Crippen molar-refractivity contribution in [1.82, 2.24) is 4.90 Å². The monoisotopic (exact) mass is 439 g/mol.